The molecule has 5 heteroatoms. The maximum absolute atomic E-state index is 4.29. The van der Waals surface area contributed by atoms with Gasteiger partial charge in [-0.2, -0.15) is 4.98 Å². The highest BCUT2D eigenvalue weighted by Crippen LogP contribution is 2.15. The average molecular weight is 278 g/mol. The summed E-state index contributed by atoms with van der Waals surface area (Å²) in [5.41, 5.74) is 0. The molecule has 0 bridgehead atoms. The summed E-state index contributed by atoms with van der Waals surface area (Å²) in [6.07, 6.45) is 1.80. The first-order valence-electron chi connectivity index (χ1n) is 3.52. The molecular formula is C7H11IN4. The summed E-state index contributed by atoms with van der Waals surface area (Å²) in [7, 11) is 5.69. The van der Waals surface area contributed by atoms with Crippen LogP contribution in [-0.2, 0) is 0 Å². The van der Waals surface area contributed by atoms with Crippen molar-refractivity contribution in [1.82, 2.24) is 9.97 Å². The Hall–Kier alpha value is -0.590. The summed E-state index contributed by atoms with van der Waals surface area (Å²) in [6.45, 7) is 0. The largest absolute Gasteiger partial charge is 0.372 e. The number of anilines is 2. The second kappa shape index (κ2) is 3.88. The number of nitrogens with one attached hydrogen (secondary N) is 1. The van der Waals surface area contributed by atoms with Crippen molar-refractivity contribution in [3.05, 3.63) is 9.77 Å². The van der Waals surface area contributed by atoms with Gasteiger partial charge in [0, 0.05) is 27.3 Å². The molecule has 0 aliphatic carbocycles. The van der Waals surface area contributed by atoms with E-state index in [4.69, 9.17) is 0 Å². The van der Waals surface area contributed by atoms with E-state index in [0.717, 1.165) is 15.3 Å². The van der Waals surface area contributed by atoms with E-state index < -0.39 is 0 Å². The van der Waals surface area contributed by atoms with Crippen LogP contribution in [0.5, 0.6) is 0 Å². The molecule has 1 heterocycles. The van der Waals surface area contributed by atoms with Crippen molar-refractivity contribution >= 4 is 34.4 Å². The topological polar surface area (TPSA) is 41.1 Å². The van der Waals surface area contributed by atoms with E-state index in [9.17, 15) is 0 Å². The Bertz CT molecular complexity index is 274. The molecule has 0 aliphatic rings. The smallest absolute Gasteiger partial charge is 0.226 e. The second-order valence-corrected chi connectivity index (χ2v) is 3.67. The maximum Gasteiger partial charge on any atom is 0.226 e. The van der Waals surface area contributed by atoms with Gasteiger partial charge in [0.2, 0.25) is 5.95 Å². The molecule has 0 unspecified atom stereocenters. The summed E-state index contributed by atoms with van der Waals surface area (Å²) in [6, 6.07) is 0. The van der Waals surface area contributed by atoms with Crippen molar-refractivity contribution in [3.63, 3.8) is 0 Å². The quantitative estimate of drug-likeness (QED) is 0.825. The van der Waals surface area contributed by atoms with E-state index in [1.165, 1.54) is 0 Å². The van der Waals surface area contributed by atoms with Gasteiger partial charge >= 0.3 is 0 Å². The summed E-state index contributed by atoms with van der Waals surface area (Å²) in [5, 5.41) is 3.01. The molecule has 1 N–H and O–H groups in total. The molecule has 66 valence electrons. The zero-order valence-electron chi connectivity index (χ0n) is 7.30. The summed E-state index contributed by atoms with van der Waals surface area (Å²) in [4.78, 5) is 10.3. The highest BCUT2D eigenvalue weighted by molar-refractivity contribution is 14.1. The molecule has 0 amide bonds. The normalized spacial score (nSPS) is 9.67. The van der Waals surface area contributed by atoms with Crippen LogP contribution in [0.4, 0.5) is 11.8 Å². The average Bonchev–Trinajstić information content (AvgIpc) is 2.05. The molecule has 0 radical (unpaired) electrons. The van der Waals surface area contributed by atoms with Crippen molar-refractivity contribution in [2.75, 3.05) is 31.4 Å². The third kappa shape index (κ3) is 1.96. The van der Waals surface area contributed by atoms with Crippen molar-refractivity contribution in [3.8, 4) is 0 Å². The van der Waals surface area contributed by atoms with Gasteiger partial charge in [0.15, 0.2) is 0 Å². The Morgan fingerprint density at radius 3 is 2.67 bits per heavy atom. The first-order valence-corrected chi connectivity index (χ1v) is 4.60. The minimum absolute atomic E-state index is 0.722. The fraction of sp³-hybridized carbons (Fsp3) is 0.429. The molecule has 1 aromatic heterocycles. The number of aromatic nitrogens is 2. The van der Waals surface area contributed by atoms with Gasteiger partial charge in [-0.1, -0.05) is 0 Å². The summed E-state index contributed by atoms with van der Waals surface area (Å²) in [5.74, 6) is 1.59. The number of hydrogen-bond donors (Lipinski definition) is 1. The SMILES string of the molecule is CNc1nc(N(C)C)ncc1I. The number of nitrogens with zero attached hydrogens (tertiary/aromatic N) is 3. The Morgan fingerprint density at radius 1 is 1.50 bits per heavy atom. The Balaban J connectivity index is 3.05. The minimum atomic E-state index is 0.722. The van der Waals surface area contributed by atoms with Crippen LogP contribution >= 0.6 is 22.6 Å². The first kappa shape index (κ1) is 9.50. The van der Waals surface area contributed by atoms with Crippen molar-refractivity contribution < 1.29 is 0 Å². The third-order valence-corrected chi connectivity index (χ3v) is 2.16. The second-order valence-electron chi connectivity index (χ2n) is 2.51. The van der Waals surface area contributed by atoms with Gasteiger partial charge in [-0.3, -0.25) is 0 Å². The van der Waals surface area contributed by atoms with E-state index >= 15 is 0 Å². The molecule has 0 aromatic carbocycles. The van der Waals surface area contributed by atoms with E-state index in [-0.39, 0.29) is 0 Å². The van der Waals surface area contributed by atoms with Gasteiger partial charge in [-0.15, -0.1) is 0 Å². The van der Waals surface area contributed by atoms with Crippen molar-refractivity contribution in [2.45, 2.75) is 0 Å². The van der Waals surface area contributed by atoms with Crippen LogP contribution in [0.1, 0.15) is 0 Å². The van der Waals surface area contributed by atoms with Gasteiger partial charge in [-0.25, -0.2) is 4.98 Å². The van der Waals surface area contributed by atoms with Crippen LogP contribution in [0.25, 0.3) is 0 Å². The third-order valence-electron chi connectivity index (χ3n) is 1.37. The minimum Gasteiger partial charge on any atom is -0.372 e. The Kier molecular flexibility index (Phi) is 3.07. The fourth-order valence-corrected chi connectivity index (χ4v) is 1.28. The zero-order chi connectivity index (χ0) is 9.14. The van der Waals surface area contributed by atoms with Crippen LogP contribution < -0.4 is 10.2 Å². The Morgan fingerprint density at radius 2 is 2.17 bits per heavy atom. The number of hydrogen-bond acceptors (Lipinski definition) is 4. The van der Waals surface area contributed by atoms with Crippen LogP contribution in [-0.4, -0.2) is 31.1 Å². The molecule has 1 aromatic rings. The lowest BCUT2D eigenvalue weighted by atomic mass is 10.6. The van der Waals surface area contributed by atoms with Crippen molar-refractivity contribution in [1.29, 1.82) is 0 Å². The Labute approximate surface area is 85.5 Å². The molecule has 12 heavy (non-hydrogen) atoms. The molecule has 4 nitrogen and oxygen atoms in total. The maximum atomic E-state index is 4.29. The lowest BCUT2D eigenvalue weighted by Gasteiger charge is -2.11. The van der Waals surface area contributed by atoms with Crippen LogP contribution in [0.15, 0.2) is 6.20 Å². The summed E-state index contributed by atoms with van der Waals surface area (Å²) >= 11 is 2.19. The molecule has 0 atom stereocenters. The van der Waals surface area contributed by atoms with Gasteiger partial charge in [0.25, 0.3) is 0 Å². The molecule has 0 spiro atoms. The van der Waals surface area contributed by atoms with E-state index in [1.54, 1.807) is 6.20 Å². The number of rotatable bonds is 2. The predicted octanol–water partition coefficient (Wildman–Crippen LogP) is 1.19. The van der Waals surface area contributed by atoms with E-state index in [0.29, 0.717) is 0 Å². The van der Waals surface area contributed by atoms with Crippen LogP contribution in [0.2, 0.25) is 0 Å². The first-order chi connectivity index (χ1) is 5.65. The molecule has 0 saturated heterocycles. The van der Waals surface area contributed by atoms with Gasteiger partial charge < -0.3 is 10.2 Å². The fourth-order valence-electron chi connectivity index (χ4n) is 0.749. The molecule has 0 saturated carbocycles. The zero-order valence-corrected chi connectivity index (χ0v) is 9.45. The molecular weight excluding hydrogens is 267 g/mol. The highest BCUT2D eigenvalue weighted by atomic mass is 127. The van der Waals surface area contributed by atoms with Gasteiger partial charge in [-0.05, 0) is 22.6 Å². The van der Waals surface area contributed by atoms with Gasteiger partial charge in [0.1, 0.15) is 5.82 Å². The lowest BCUT2D eigenvalue weighted by molar-refractivity contribution is 0.994. The molecule has 0 fully saturated rings. The standard InChI is InChI=1S/C7H11IN4/c1-9-6-5(8)4-10-7(11-6)12(2)3/h4H,1-3H3,(H,9,10,11). The summed E-state index contributed by atoms with van der Waals surface area (Å²) < 4.78 is 1.03. The highest BCUT2D eigenvalue weighted by Gasteiger charge is 2.03. The van der Waals surface area contributed by atoms with Crippen LogP contribution in [0, 0.1) is 3.57 Å². The van der Waals surface area contributed by atoms with E-state index in [2.05, 4.69) is 37.9 Å². The van der Waals surface area contributed by atoms with Gasteiger partial charge in [0.05, 0.1) is 3.57 Å². The van der Waals surface area contributed by atoms with Crippen molar-refractivity contribution in [2.24, 2.45) is 0 Å². The number of halogens is 1. The lowest BCUT2D eigenvalue weighted by Crippen LogP contribution is -2.13. The van der Waals surface area contributed by atoms with E-state index in [1.807, 2.05) is 26.0 Å². The monoisotopic (exact) mass is 278 g/mol. The molecule has 0 aliphatic heterocycles. The molecule has 1 rings (SSSR count). The van der Waals surface area contributed by atoms with Crippen LogP contribution in [0.3, 0.4) is 0 Å². The predicted molar refractivity (Wildman–Crippen MR) is 58.6 cm³/mol.